The van der Waals surface area contributed by atoms with Gasteiger partial charge >= 0.3 is 5.97 Å². The average Bonchev–Trinajstić information content (AvgIpc) is 3.30. The second-order valence-corrected chi connectivity index (χ2v) is 6.76. The fourth-order valence-electron chi connectivity index (χ4n) is 3.94. The molecule has 6 nitrogen and oxygen atoms in total. The van der Waals surface area contributed by atoms with Crippen LogP contribution in [0.1, 0.15) is 42.3 Å². The normalized spacial score (nSPS) is 22.1. The summed E-state index contributed by atoms with van der Waals surface area (Å²) in [5.74, 6) is 0.337. The van der Waals surface area contributed by atoms with Gasteiger partial charge in [0.2, 0.25) is 0 Å². The number of rotatable bonds is 5. The average molecular weight is 359 g/mol. The molecule has 6 heteroatoms. The molecule has 0 spiro atoms. The fourth-order valence-corrected chi connectivity index (χ4v) is 3.94. The monoisotopic (exact) mass is 359 g/mol. The third kappa shape index (κ3) is 3.37. The van der Waals surface area contributed by atoms with Gasteiger partial charge in [0, 0.05) is 5.39 Å². The Hall–Kier alpha value is -1.89. The predicted octanol–water partition coefficient (Wildman–Crippen LogP) is 3.34. The standard InChI is InChI=1S/C20H25NO5/c1-2-23-19(22)18-14-7-3-4-9-16(14)26-17(18)13-21-10-6-5-8-15(21)20-24-11-12-25-20/h3-4,7,9,15,20H,2,5-6,8,10-13H2,1H3. The van der Waals surface area contributed by atoms with E-state index in [0.717, 1.165) is 31.2 Å². The van der Waals surface area contributed by atoms with Crippen molar-refractivity contribution < 1.29 is 23.4 Å². The third-order valence-electron chi connectivity index (χ3n) is 5.12. The molecule has 0 aliphatic carbocycles. The van der Waals surface area contributed by atoms with Gasteiger partial charge in [-0.15, -0.1) is 0 Å². The van der Waals surface area contributed by atoms with Crippen molar-refractivity contribution in [3.63, 3.8) is 0 Å². The van der Waals surface area contributed by atoms with E-state index in [1.54, 1.807) is 0 Å². The molecule has 0 amide bonds. The molecule has 2 aliphatic heterocycles. The molecule has 3 heterocycles. The maximum Gasteiger partial charge on any atom is 0.342 e. The Labute approximate surface area is 153 Å². The van der Waals surface area contributed by atoms with Crippen LogP contribution in [0.15, 0.2) is 28.7 Å². The zero-order chi connectivity index (χ0) is 17.9. The van der Waals surface area contributed by atoms with Crippen LogP contribution in [0, 0.1) is 0 Å². The Morgan fingerprint density at radius 3 is 2.85 bits per heavy atom. The number of likely N-dealkylation sites (tertiary alicyclic amines) is 1. The highest BCUT2D eigenvalue weighted by Gasteiger charge is 2.35. The van der Waals surface area contributed by atoms with Crippen LogP contribution in [-0.4, -0.2) is 49.6 Å². The molecule has 0 radical (unpaired) electrons. The van der Waals surface area contributed by atoms with Crippen LogP contribution in [0.5, 0.6) is 0 Å². The number of furan rings is 1. The topological polar surface area (TPSA) is 61.1 Å². The molecular formula is C20H25NO5. The van der Waals surface area contributed by atoms with E-state index in [-0.39, 0.29) is 18.3 Å². The van der Waals surface area contributed by atoms with Crippen molar-refractivity contribution >= 4 is 16.9 Å². The summed E-state index contributed by atoms with van der Waals surface area (Å²) >= 11 is 0. The molecule has 1 unspecified atom stereocenters. The number of piperidine rings is 1. The highest BCUT2D eigenvalue weighted by molar-refractivity contribution is 6.04. The summed E-state index contributed by atoms with van der Waals surface area (Å²) in [5.41, 5.74) is 1.26. The summed E-state index contributed by atoms with van der Waals surface area (Å²) in [7, 11) is 0. The summed E-state index contributed by atoms with van der Waals surface area (Å²) in [4.78, 5) is 14.9. The number of esters is 1. The molecule has 4 rings (SSSR count). The first-order valence-electron chi connectivity index (χ1n) is 9.42. The van der Waals surface area contributed by atoms with E-state index in [1.807, 2.05) is 31.2 Å². The van der Waals surface area contributed by atoms with Gasteiger partial charge in [-0.25, -0.2) is 4.79 Å². The van der Waals surface area contributed by atoms with Crippen molar-refractivity contribution in [3.05, 3.63) is 35.6 Å². The number of hydrogen-bond donors (Lipinski definition) is 0. The molecule has 2 aliphatic rings. The van der Waals surface area contributed by atoms with E-state index < -0.39 is 0 Å². The molecule has 2 fully saturated rings. The minimum absolute atomic E-state index is 0.189. The number of nitrogens with zero attached hydrogens (tertiary/aromatic N) is 1. The Morgan fingerprint density at radius 1 is 1.23 bits per heavy atom. The zero-order valence-corrected chi connectivity index (χ0v) is 15.1. The first kappa shape index (κ1) is 17.5. The van der Waals surface area contributed by atoms with Gasteiger partial charge in [0.15, 0.2) is 6.29 Å². The summed E-state index contributed by atoms with van der Waals surface area (Å²) in [6, 6.07) is 7.81. The predicted molar refractivity (Wildman–Crippen MR) is 95.9 cm³/mol. The summed E-state index contributed by atoms with van der Waals surface area (Å²) in [5, 5.41) is 0.808. The summed E-state index contributed by atoms with van der Waals surface area (Å²) in [6.07, 6.45) is 3.12. The van der Waals surface area contributed by atoms with Crippen molar-refractivity contribution in [2.24, 2.45) is 0 Å². The molecule has 1 aromatic heterocycles. The van der Waals surface area contributed by atoms with Crippen molar-refractivity contribution in [3.8, 4) is 0 Å². The largest absolute Gasteiger partial charge is 0.462 e. The van der Waals surface area contributed by atoms with Crippen LogP contribution >= 0.6 is 0 Å². The SMILES string of the molecule is CCOC(=O)c1c(CN2CCCCC2C2OCCO2)oc2ccccc12. The van der Waals surface area contributed by atoms with Gasteiger partial charge in [-0.2, -0.15) is 0 Å². The van der Waals surface area contributed by atoms with Gasteiger partial charge in [-0.1, -0.05) is 24.6 Å². The third-order valence-corrected chi connectivity index (χ3v) is 5.12. The molecule has 26 heavy (non-hydrogen) atoms. The second-order valence-electron chi connectivity index (χ2n) is 6.76. The highest BCUT2D eigenvalue weighted by atomic mass is 16.7. The molecule has 1 aromatic carbocycles. The van der Waals surface area contributed by atoms with Crippen LogP contribution < -0.4 is 0 Å². The molecule has 0 saturated carbocycles. The maximum absolute atomic E-state index is 12.6. The number of hydrogen-bond acceptors (Lipinski definition) is 6. The van der Waals surface area contributed by atoms with Crippen LogP contribution in [0.4, 0.5) is 0 Å². The van der Waals surface area contributed by atoms with Crippen molar-refractivity contribution in [1.29, 1.82) is 0 Å². The number of para-hydroxylation sites is 1. The first-order chi connectivity index (χ1) is 12.8. The lowest BCUT2D eigenvalue weighted by Gasteiger charge is -2.37. The smallest absolute Gasteiger partial charge is 0.342 e. The van der Waals surface area contributed by atoms with E-state index in [1.165, 1.54) is 0 Å². The fraction of sp³-hybridized carbons (Fsp3) is 0.550. The van der Waals surface area contributed by atoms with Gasteiger partial charge in [-0.05, 0) is 32.4 Å². The minimum Gasteiger partial charge on any atom is -0.462 e. The Kier molecular flexibility index (Phi) is 5.24. The first-order valence-corrected chi connectivity index (χ1v) is 9.42. The van der Waals surface area contributed by atoms with Crippen molar-refractivity contribution in [1.82, 2.24) is 4.90 Å². The van der Waals surface area contributed by atoms with Crippen LogP contribution in [0.2, 0.25) is 0 Å². The lowest BCUT2D eigenvalue weighted by Crippen LogP contribution is -2.46. The van der Waals surface area contributed by atoms with Gasteiger partial charge in [0.25, 0.3) is 0 Å². The Balaban J connectivity index is 1.64. The number of ether oxygens (including phenoxy) is 3. The summed E-state index contributed by atoms with van der Waals surface area (Å²) < 4.78 is 22.8. The molecule has 140 valence electrons. The van der Waals surface area contributed by atoms with Crippen LogP contribution in [0.25, 0.3) is 11.0 Å². The maximum atomic E-state index is 12.6. The minimum atomic E-state index is -0.325. The van der Waals surface area contributed by atoms with Crippen LogP contribution in [-0.2, 0) is 20.8 Å². The number of carbonyl (C=O) groups is 1. The number of fused-ring (bicyclic) bond motifs is 1. The van der Waals surface area contributed by atoms with Gasteiger partial charge in [0.05, 0.1) is 32.4 Å². The van der Waals surface area contributed by atoms with Gasteiger partial charge in [-0.3, -0.25) is 4.90 Å². The second kappa shape index (κ2) is 7.78. The van der Waals surface area contributed by atoms with Crippen LogP contribution in [0.3, 0.4) is 0 Å². The molecule has 0 bridgehead atoms. The quantitative estimate of drug-likeness (QED) is 0.763. The van der Waals surface area contributed by atoms with E-state index in [2.05, 4.69) is 4.90 Å². The lowest BCUT2D eigenvalue weighted by molar-refractivity contribution is -0.112. The van der Waals surface area contributed by atoms with E-state index >= 15 is 0 Å². The van der Waals surface area contributed by atoms with E-state index in [9.17, 15) is 4.79 Å². The van der Waals surface area contributed by atoms with Gasteiger partial charge in [0.1, 0.15) is 16.9 Å². The van der Waals surface area contributed by atoms with Crippen molar-refractivity contribution in [2.45, 2.75) is 45.1 Å². The summed E-state index contributed by atoms with van der Waals surface area (Å²) in [6.45, 7) is 4.94. The highest BCUT2D eigenvalue weighted by Crippen LogP contribution is 2.31. The molecule has 1 atom stereocenters. The molecular weight excluding hydrogens is 334 g/mol. The van der Waals surface area contributed by atoms with Crippen molar-refractivity contribution in [2.75, 3.05) is 26.4 Å². The van der Waals surface area contributed by atoms with E-state index in [4.69, 9.17) is 18.6 Å². The zero-order valence-electron chi connectivity index (χ0n) is 15.1. The molecule has 2 aromatic rings. The Morgan fingerprint density at radius 2 is 2.04 bits per heavy atom. The number of benzene rings is 1. The lowest BCUT2D eigenvalue weighted by atomic mass is 10.0. The molecule has 0 N–H and O–H groups in total. The van der Waals surface area contributed by atoms with Gasteiger partial charge < -0.3 is 18.6 Å². The van der Waals surface area contributed by atoms with E-state index in [0.29, 0.717) is 43.3 Å². The number of carbonyl (C=O) groups excluding carboxylic acids is 1. The Bertz CT molecular complexity index is 765. The molecule has 2 saturated heterocycles.